The van der Waals surface area contributed by atoms with Gasteiger partial charge in [-0.2, -0.15) is 0 Å². The van der Waals surface area contributed by atoms with E-state index in [1.54, 1.807) is 6.08 Å². The maximum atomic E-state index is 12.5. The molecule has 434 valence electrons. The van der Waals surface area contributed by atoms with Crippen molar-refractivity contribution in [1.82, 2.24) is 5.32 Å². The van der Waals surface area contributed by atoms with E-state index in [2.05, 4.69) is 55.6 Å². The van der Waals surface area contributed by atoms with Crippen molar-refractivity contribution in [3.8, 4) is 0 Å². The number of ether oxygens (including phenoxy) is 1. The molecule has 3 N–H and O–H groups in total. The van der Waals surface area contributed by atoms with Gasteiger partial charge in [0.05, 0.1) is 25.4 Å². The van der Waals surface area contributed by atoms with Crippen molar-refractivity contribution in [3.05, 3.63) is 48.6 Å². The van der Waals surface area contributed by atoms with Crippen molar-refractivity contribution in [1.29, 1.82) is 0 Å². The van der Waals surface area contributed by atoms with Gasteiger partial charge in [0.15, 0.2) is 0 Å². The molecular formula is C68H127NO5. The zero-order chi connectivity index (χ0) is 53.6. The number of rotatable bonds is 61. The molecule has 74 heavy (non-hydrogen) atoms. The van der Waals surface area contributed by atoms with Crippen LogP contribution >= 0.6 is 0 Å². The summed E-state index contributed by atoms with van der Waals surface area (Å²) in [4.78, 5) is 24.6. The SMILES string of the molecule is CCCCCC/C=C\C/C=C\CCCCCCCC(=O)OCCCCCCCCCCCC/C=C\CCCCCCCCCC(=O)NC(CO)C(O)/C=C/CCCCCCCCCCCCCCCCCCCC. The highest BCUT2D eigenvalue weighted by molar-refractivity contribution is 5.76. The number of esters is 1. The molecule has 0 aromatic carbocycles. The van der Waals surface area contributed by atoms with E-state index in [-0.39, 0.29) is 18.5 Å². The molecule has 1 amide bonds. The first kappa shape index (κ1) is 71.8. The highest BCUT2D eigenvalue weighted by Crippen LogP contribution is 2.17. The second kappa shape index (κ2) is 63.4. The van der Waals surface area contributed by atoms with Gasteiger partial charge in [0.1, 0.15) is 0 Å². The minimum atomic E-state index is -0.851. The smallest absolute Gasteiger partial charge is 0.305 e. The van der Waals surface area contributed by atoms with Gasteiger partial charge in [-0.05, 0) is 89.9 Å². The third-order valence-corrected chi connectivity index (χ3v) is 15.1. The maximum absolute atomic E-state index is 12.5. The molecule has 2 atom stereocenters. The van der Waals surface area contributed by atoms with Gasteiger partial charge >= 0.3 is 5.97 Å². The molecule has 0 aliphatic rings. The van der Waals surface area contributed by atoms with Crippen LogP contribution in [0.25, 0.3) is 0 Å². The van der Waals surface area contributed by atoms with Crippen LogP contribution < -0.4 is 5.32 Å². The fraction of sp³-hybridized carbons (Fsp3) is 0.853. The Morgan fingerprint density at radius 1 is 0.378 bits per heavy atom. The zero-order valence-corrected chi connectivity index (χ0v) is 49.6. The number of carbonyl (C=O) groups is 2. The summed E-state index contributed by atoms with van der Waals surface area (Å²) in [5, 5.41) is 23.2. The Hall–Kier alpha value is -2.18. The molecule has 0 saturated heterocycles. The molecule has 0 fully saturated rings. The van der Waals surface area contributed by atoms with E-state index in [1.165, 1.54) is 263 Å². The third-order valence-electron chi connectivity index (χ3n) is 15.1. The number of allylic oxidation sites excluding steroid dienone is 7. The van der Waals surface area contributed by atoms with E-state index in [1.807, 2.05) is 6.08 Å². The van der Waals surface area contributed by atoms with Crippen molar-refractivity contribution in [2.75, 3.05) is 13.2 Å². The van der Waals surface area contributed by atoms with Crippen LogP contribution in [0.15, 0.2) is 48.6 Å². The molecule has 2 unspecified atom stereocenters. The molecule has 0 aromatic heterocycles. The molecule has 0 rings (SSSR count). The van der Waals surface area contributed by atoms with Gasteiger partial charge in [0, 0.05) is 12.8 Å². The fourth-order valence-electron chi connectivity index (χ4n) is 10.0. The van der Waals surface area contributed by atoms with Gasteiger partial charge in [-0.25, -0.2) is 0 Å². The van der Waals surface area contributed by atoms with Crippen molar-refractivity contribution >= 4 is 11.9 Å². The number of aliphatic hydroxyl groups excluding tert-OH is 2. The summed E-state index contributed by atoms with van der Waals surface area (Å²) in [5.41, 5.74) is 0. The Kier molecular flexibility index (Phi) is 61.5. The molecule has 0 bridgehead atoms. The van der Waals surface area contributed by atoms with Crippen molar-refractivity contribution in [2.45, 2.75) is 360 Å². The second-order valence-electron chi connectivity index (χ2n) is 22.4. The Balaban J connectivity index is 3.46. The number of aliphatic hydroxyl groups is 2. The first-order valence-electron chi connectivity index (χ1n) is 32.9. The summed E-state index contributed by atoms with van der Waals surface area (Å²) in [5.74, 6) is -0.0797. The molecular weight excluding hydrogens is 911 g/mol. The van der Waals surface area contributed by atoms with Crippen molar-refractivity contribution < 1.29 is 24.5 Å². The van der Waals surface area contributed by atoms with E-state index < -0.39 is 12.1 Å². The van der Waals surface area contributed by atoms with Gasteiger partial charge in [-0.1, -0.05) is 294 Å². The van der Waals surface area contributed by atoms with E-state index in [0.717, 1.165) is 57.8 Å². The predicted molar refractivity (Wildman–Crippen MR) is 324 cm³/mol. The summed E-state index contributed by atoms with van der Waals surface area (Å²) in [6, 6.07) is -0.635. The Bertz CT molecular complexity index is 1240. The van der Waals surface area contributed by atoms with E-state index >= 15 is 0 Å². The molecule has 6 nitrogen and oxygen atoms in total. The topological polar surface area (TPSA) is 95.9 Å². The first-order chi connectivity index (χ1) is 36.5. The number of nitrogens with one attached hydrogen (secondary N) is 1. The van der Waals surface area contributed by atoms with Gasteiger partial charge in [-0.15, -0.1) is 0 Å². The average Bonchev–Trinajstić information content (AvgIpc) is 3.40. The van der Waals surface area contributed by atoms with Gasteiger partial charge in [0.2, 0.25) is 5.91 Å². The highest BCUT2D eigenvalue weighted by Gasteiger charge is 2.18. The number of unbranched alkanes of at least 4 members (excludes halogenated alkanes) is 44. The highest BCUT2D eigenvalue weighted by atomic mass is 16.5. The van der Waals surface area contributed by atoms with Crippen molar-refractivity contribution in [2.24, 2.45) is 0 Å². The predicted octanol–water partition coefficient (Wildman–Crippen LogP) is 20.9. The summed E-state index contributed by atoms with van der Waals surface area (Å²) in [6.07, 6.45) is 81.6. The minimum Gasteiger partial charge on any atom is -0.466 e. The number of hydrogen-bond acceptors (Lipinski definition) is 5. The molecule has 0 heterocycles. The van der Waals surface area contributed by atoms with Crippen LogP contribution in [0.4, 0.5) is 0 Å². The molecule has 6 heteroatoms. The van der Waals surface area contributed by atoms with Gasteiger partial charge in [-0.3, -0.25) is 9.59 Å². The molecule has 0 aliphatic carbocycles. The Morgan fingerprint density at radius 2 is 0.676 bits per heavy atom. The lowest BCUT2D eigenvalue weighted by atomic mass is 10.0. The zero-order valence-electron chi connectivity index (χ0n) is 49.6. The normalized spacial score (nSPS) is 12.9. The summed E-state index contributed by atoms with van der Waals surface area (Å²) in [7, 11) is 0. The summed E-state index contributed by atoms with van der Waals surface area (Å²) < 4.78 is 5.48. The van der Waals surface area contributed by atoms with Gasteiger partial charge in [0.25, 0.3) is 0 Å². The molecule has 0 saturated carbocycles. The van der Waals surface area contributed by atoms with Crippen LogP contribution in [0.2, 0.25) is 0 Å². The lowest BCUT2D eigenvalue weighted by Gasteiger charge is -2.20. The van der Waals surface area contributed by atoms with Crippen LogP contribution in [0.1, 0.15) is 348 Å². The van der Waals surface area contributed by atoms with Crippen LogP contribution in [-0.2, 0) is 14.3 Å². The van der Waals surface area contributed by atoms with Crippen LogP contribution in [0, 0.1) is 0 Å². The lowest BCUT2D eigenvalue weighted by molar-refractivity contribution is -0.143. The Labute approximate surface area is 461 Å². The number of carbonyl (C=O) groups excluding carboxylic acids is 2. The third kappa shape index (κ3) is 59.1. The van der Waals surface area contributed by atoms with E-state index in [9.17, 15) is 19.8 Å². The quantitative estimate of drug-likeness (QED) is 0.0320. The molecule has 0 aromatic rings. The van der Waals surface area contributed by atoms with Crippen LogP contribution in [-0.4, -0.2) is 47.4 Å². The fourth-order valence-corrected chi connectivity index (χ4v) is 10.0. The average molecular weight is 1040 g/mol. The van der Waals surface area contributed by atoms with E-state index in [4.69, 9.17) is 4.74 Å². The summed E-state index contributed by atoms with van der Waals surface area (Å²) >= 11 is 0. The van der Waals surface area contributed by atoms with E-state index in [0.29, 0.717) is 19.4 Å². The van der Waals surface area contributed by atoms with Crippen molar-refractivity contribution in [3.63, 3.8) is 0 Å². The van der Waals surface area contributed by atoms with Crippen LogP contribution in [0.5, 0.6) is 0 Å². The Morgan fingerprint density at radius 3 is 1.05 bits per heavy atom. The molecule has 0 spiro atoms. The number of hydrogen-bond donors (Lipinski definition) is 3. The first-order valence-corrected chi connectivity index (χ1v) is 32.9. The number of amides is 1. The summed E-state index contributed by atoms with van der Waals surface area (Å²) in [6.45, 7) is 4.89. The maximum Gasteiger partial charge on any atom is 0.305 e. The standard InChI is InChI=1S/C68H127NO5/c1-3-5-7-9-11-13-15-17-19-21-22-26-29-32-36-40-44-48-52-56-60-66(71)65(64-70)69-67(72)61-57-53-49-45-41-37-33-30-27-24-23-25-28-31-35-39-43-47-51-55-59-63-74-68(73)62-58-54-50-46-42-38-34-20-18-16-14-12-10-8-6-4-2/h14,16,20,24,27,34,56,60,65-66,70-71H,3-13,15,17-19,21-23,25-26,28-33,35-55,57-59,61-64H2,1-2H3,(H,69,72)/b16-14-,27-24-,34-20-,60-56+. The monoisotopic (exact) mass is 1040 g/mol. The van der Waals surface area contributed by atoms with Gasteiger partial charge < -0.3 is 20.3 Å². The molecule has 0 radical (unpaired) electrons. The van der Waals surface area contributed by atoms with Crippen LogP contribution in [0.3, 0.4) is 0 Å². The lowest BCUT2D eigenvalue weighted by Crippen LogP contribution is -2.45. The second-order valence-corrected chi connectivity index (χ2v) is 22.4. The minimum absolute atomic E-state index is 0.00586. The molecule has 0 aliphatic heterocycles. The largest absolute Gasteiger partial charge is 0.466 e.